The molecule has 1 heterocycles. The first-order chi connectivity index (χ1) is 13.5. The maximum atomic E-state index is 5.32. The van der Waals surface area contributed by atoms with Crippen LogP contribution in [0.1, 0.15) is 45.2 Å². The smallest absolute Gasteiger partial charge is 0.191 e. The van der Waals surface area contributed by atoms with Gasteiger partial charge in [0, 0.05) is 25.7 Å². The molecule has 0 radical (unpaired) electrons. The predicted octanol–water partition coefficient (Wildman–Crippen LogP) is 3.35. The van der Waals surface area contributed by atoms with E-state index in [9.17, 15) is 0 Å². The van der Waals surface area contributed by atoms with Crippen molar-refractivity contribution in [2.24, 2.45) is 4.99 Å². The van der Waals surface area contributed by atoms with E-state index in [1.165, 1.54) is 18.4 Å². The fraction of sp³-hybridized carbons (Fsp3) is 0.682. The van der Waals surface area contributed by atoms with E-state index in [-0.39, 0.29) is 24.0 Å². The van der Waals surface area contributed by atoms with Gasteiger partial charge in [0.1, 0.15) is 5.75 Å². The van der Waals surface area contributed by atoms with Crippen LogP contribution < -0.4 is 15.4 Å². The monoisotopic (exact) mass is 517 g/mol. The number of likely N-dealkylation sites (N-methyl/N-ethyl adjacent to an activating group) is 1. The Kier molecular flexibility index (Phi) is 12.6. The number of nitrogens with zero attached hydrogens (tertiary/aromatic N) is 3. The molecule has 0 amide bonds. The number of benzene rings is 1. The normalized spacial score (nSPS) is 16.0. The van der Waals surface area contributed by atoms with Crippen molar-refractivity contribution < 1.29 is 4.74 Å². The zero-order valence-corrected chi connectivity index (χ0v) is 21.1. The Morgan fingerprint density at radius 3 is 2.38 bits per heavy atom. The number of hydrogen-bond donors (Lipinski definition) is 2. The lowest BCUT2D eigenvalue weighted by Gasteiger charge is -2.27. The molecule has 0 aromatic heterocycles. The number of methoxy groups -OCH3 is 1. The average molecular weight is 518 g/mol. The fourth-order valence-corrected chi connectivity index (χ4v) is 3.44. The van der Waals surface area contributed by atoms with Crippen molar-refractivity contribution in [3.05, 3.63) is 29.8 Å². The molecule has 1 unspecified atom stereocenters. The summed E-state index contributed by atoms with van der Waals surface area (Å²) in [5.41, 5.74) is 1.31. The van der Waals surface area contributed by atoms with Crippen LogP contribution in [0.15, 0.2) is 29.3 Å². The minimum absolute atomic E-state index is 0. The number of hydrogen-bond acceptors (Lipinski definition) is 4. The number of ether oxygens (including phenoxy) is 1. The van der Waals surface area contributed by atoms with Crippen LogP contribution in [0.25, 0.3) is 0 Å². The molecule has 166 valence electrons. The van der Waals surface area contributed by atoms with Crippen LogP contribution in [-0.4, -0.2) is 75.2 Å². The molecule has 0 saturated carbocycles. The molecule has 7 heteroatoms. The number of guanidine groups is 1. The van der Waals surface area contributed by atoms with Crippen molar-refractivity contribution in [2.75, 3.05) is 53.4 Å². The first kappa shape index (κ1) is 26.0. The molecule has 1 saturated heterocycles. The van der Waals surface area contributed by atoms with Gasteiger partial charge >= 0.3 is 0 Å². The van der Waals surface area contributed by atoms with E-state index in [0.717, 1.165) is 51.0 Å². The zero-order chi connectivity index (χ0) is 20.4. The van der Waals surface area contributed by atoms with Crippen LogP contribution in [0.5, 0.6) is 5.75 Å². The summed E-state index contributed by atoms with van der Waals surface area (Å²) < 4.78 is 5.32. The molecular formula is C22H40IN5O. The van der Waals surface area contributed by atoms with Crippen molar-refractivity contribution in [1.29, 1.82) is 0 Å². The molecule has 2 rings (SSSR count). The van der Waals surface area contributed by atoms with E-state index in [0.29, 0.717) is 12.1 Å². The van der Waals surface area contributed by atoms with E-state index in [4.69, 9.17) is 9.73 Å². The summed E-state index contributed by atoms with van der Waals surface area (Å²) in [5.74, 6) is 1.80. The van der Waals surface area contributed by atoms with Crippen molar-refractivity contribution in [2.45, 2.75) is 45.7 Å². The SMILES string of the molecule is CCNC(=NCC(c1ccc(OC)cc1)N1CCCC1)NCCN(C)C(C)C.I. The van der Waals surface area contributed by atoms with Gasteiger partial charge < -0.3 is 20.3 Å². The number of nitrogens with one attached hydrogen (secondary N) is 2. The largest absolute Gasteiger partial charge is 0.497 e. The summed E-state index contributed by atoms with van der Waals surface area (Å²) in [6.45, 7) is 12.3. The van der Waals surface area contributed by atoms with Crippen molar-refractivity contribution in [1.82, 2.24) is 20.4 Å². The molecule has 0 aliphatic carbocycles. The zero-order valence-electron chi connectivity index (χ0n) is 18.8. The van der Waals surface area contributed by atoms with Gasteiger partial charge in [-0.05, 0) is 71.4 Å². The molecule has 2 N–H and O–H groups in total. The first-order valence-electron chi connectivity index (χ1n) is 10.7. The Labute approximate surface area is 194 Å². The highest BCUT2D eigenvalue weighted by molar-refractivity contribution is 14.0. The van der Waals surface area contributed by atoms with Gasteiger partial charge in [0.15, 0.2) is 5.96 Å². The number of halogens is 1. The summed E-state index contributed by atoms with van der Waals surface area (Å²) in [6, 6.07) is 9.31. The molecule has 1 aromatic rings. The van der Waals surface area contributed by atoms with E-state index >= 15 is 0 Å². The predicted molar refractivity (Wildman–Crippen MR) is 134 cm³/mol. The van der Waals surface area contributed by atoms with Crippen LogP contribution in [0.2, 0.25) is 0 Å². The van der Waals surface area contributed by atoms with Crippen molar-refractivity contribution >= 4 is 29.9 Å². The second-order valence-electron chi connectivity index (χ2n) is 7.75. The Morgan fingerprint density at radius 2 is 1.83 bits per heavy atom. The molecule has 1 atom stereocenters. The summed E-state index contributed by atoms with van der Waals surface area (Å²) in [6.07, 6.45) is 2.55. The van der Waals surface area contributed by atoms with E-state index in [2.05, 4.69) is 60.4 Å². The number of aliphatic imine (C=N–C) groups is 1. The van der Waals surface area contributed by atoms with Gasteiger partial charge in [-0.3, -0.25) is 9.89 Å². The van der Waals surface area contributed by atoms with E-state index in [1.54, 1.807) is 7.11 Å². The van der Waals surface area contributed by atoms with Gasteiger partial charge in [0.2, 0.25) is 0 Å². The summed E-state index contributed by atoms with van der Waals surface area (Å²) in [7, 11) is 3.87. The second-order valence-corrected chi connectivity index (χ2v) is 7.75. The maximum absolute atomic E-state index is 5.32. The molecule has 0 spiro atoms. The fourth-order valence-electron chi connectivity index (χ4n) is 3.44. The third kappa shape index (κ3) is 8.68. The third-order valence-corrected chi connectivity index (χ3v) is 5.49. The minimum Gasteiger partial charge on any atom is -0.497 e. The Morgan fingerprint density at radius 1 is 1.17 bits per heavy atom. The van der Waals surface area contributed by atoms with Crippen LogP contribution in [-0.2, 0) is 0 Å². The van der Waals surface area contributed by atoms with Gasteiger partial charge in [-0.15, -0.1) is 24.0 Å². The third-order valence-electron chi connectivity index (χ3n) is 5.49. The van der Waals surface area contributed by atoms with Crippen LogP contribution in [0, 0.1) is 0 Å². The lowest BCUT2D eigenvalue weighted by atomic mass is 10.1. The summed E-state index contributed by atoms with van der Waals surface area (Å²) in [5, 5.41) is 6.86. The van der Waals surface area contributed by atoms with Crippen LogP contribution in [0.3, 0.4) is 0 Å². The molecular weight excluding hydrogens is 477 g/mol. The van der Waals surface area contributed by atoms with Crippen molar-refractivity contribution in [3.8, 4) is 5.75 Å². The van der Waals surface area contributed by atoms with Gasteiger partial charge in [0.25, 0.3) is 0 Å². The summed E-state index contributed by atoms with van der Waals surface area (Å²) in [4.78, 5) is 9.81. The lowest BCUT2D eigenvalue weighted by molar-refractivity contribution is 0.251. The molecule has 29 heavy (non-hydrogen) atoms. The second kappa shape index (κ2) is 14.0. The number of rotatable bonds is 10. The lowest BCUT2D eigenvalue weighted by Crippen LogP contribution is -2.42. The molecule has 0 bridgehead atoms. The molecule has 6 nitrogen and oxygen atoms in total. The van der Waals surface area contributed by atoms with Crippen LogP contribution >= 0.6 is 24.0 Å². The summed E-state index contributed by atoms with van der Waals surface area (Å²) >= 11 is 0. The van der Waals surface area contributed by atoms with E-state index < -0.39 is 0 Å². The average Bonchev–Trinajstić information content (AvgIpc) is 3.22. The molecule has 1 fully saturated rings. The van der Waals surface area contributed by atoms with E-state index in [1.807, 2.05) is 12.1 Å². The highest BCUT2D eigenvalue weighted by Crippen LogP contribution is 2.27. The maximum Gasteiger partial charge on any atom is 0.191 e. The number of likely N-dealkylation sites (tertiary alicyclic amines) is 1. The molecule has 1 aliphatic heterocycles. The highest BCUT2D eigenvalue weighted by Gasteiger charge is 2.23. The quantitative estimate of drug-likeness (QED) is 0.283. The van der Waals surface area contributed by atoms with Gasteiger partial charge in [-0.2, -0.15) is 0 Å². The Bertz CT molecular complexity index is 587. The van der Waals surface area contributed by atoms with Crippen LogP contribution in [0.4, 0.5) is 0 Å². The van der Waals surface area contributed by atoms with Gasteiger partial charge in [0.05, 0.1) is 19.7 Å². The topological polar surface area (TPSA) is 52.1 Å². The molecule has 1 aliphatic rings. The first-order valence-corrected chi connectivity index (χ1v) is 10.7. The highest BCUT2D eigenvalue weighted by atomic mass is 127. The van der Waals surface area contributed by atoms with Gasteiger partial charge in [-0.1, -0.05) is 12.1 Å². The minimum atomic E-state index is 0. The van der Waals surface area contributed by atoms with Gasteiger partial charge in [-0.25, -0.2) is 0 Å². The Balaban J connectivity index is 0.00000420. The standard InChI is InChI=1S/C22H39N5O.HI/c1-6-23-22(24-13-16-26(4)18(2)3)25-17-21(27-14-7-8-15-27)19-9-11-20(28-5)12-10-19;/h9-12,18,21H,6-8,13-17H2,1-5H3,(H2,23,24,25);1H. The molecule has 1 aromatic carbocycles. The Hall–Kier alpha value is -1.06. The van der Waals surface area contributed by atoms with Crippen molar-refractivity contribution in [3.63, 3.8) is 0 Å².